The lowest BCUT2D eigenvalue weighted by Crippen LogP contribution is -2.49. The molecule has 1 aromatic rings. The van der Waals surface area contributed by atoms with Gasteiger partial charge in [-0.1, -0.05) is 30.3 Å². The predicted molar refractivity (Wildman–Crippen MR) is 87.8 cm³/mol. The first-order valence-electron chi connectivity index (χ1n) is 7.98. The van der Waals surface area contributed by atoms with Gasteiger partial charge in [0.15, 0.2) is 0 Å². The van der Waals surface area contributed by atoms with Gasteiger partial charge in [0.1, 0.15) is 6.42 Å². The zero-order chi connectivity index (χ0) is 16.5. The SMILES string of the molecule is COCCNC(=O)CC(=O)N1CCN(Cc2ccccc2)CC1. The van der Waals surface area contributed by atoms with Gasteiger partial charge in [0.25, 0.3) is 0 Å². The third-order valence-electron chi connectivity index (χ3n) is 3.91. The van der Waals surface area contributed by atoms with Gasteiger partial charge in [0.2, 0.25) is 11.8 Å². The number of carbonyl (C=O) groups is 2. The van der Waals surface area contributed by atoms with Crippen molar-refractivity contribution < 1.29 is 14.3 Å². The number of methoxy groups -OCH3 is 1. The van der Waals surface area contributed by atoms with E-state index < -0.39 is 0 Å². The van der Waals surface area contributed by atoms with Crippen LogP contribution in [0, 0.1) is 0 Å². The lowest BCUT2D eigenvalue weighted by molar-refractivity contribution is -0.137. The van der Waals surface area contributed by atoms with Crippen molar-refractivity contribution in [2.45, 2.75) is 13.0 Å². The second-order valence-corrected chi connectivity index (χ2v) is 5.66. The number of rotatable bonds is 7. The minimum absolute atomic E-state index is 0.0810. The monoisotopic (exact) mass is 319 g/mol. The summed E-state index contributed by atoms with van der Waals surface area (Å²) in [5, 5.41) is 2.67. The number of hydrogen-bond donors (Lipinski definition) is 1. The smallest absolute Gasteiger partial charge is 0.232 e. The molecule has 1 fully saturated rings. The molecule has 2 amide bonds. The number of nitrogens with one attached hydrogen (secondary N) is 1. The molecule has 0 bridgehead atoms. The molecule has 6 heteroatoms. The molecule has 0 aromatic heterocycles. The number of carbonyl (C=O) groups excluding carboxylic acids is 2. The summed E-state index contributed by atoms with van der Waals surface area (Å²) in [6.45, 7) is 4.83. The molecular weight excluding hydrogens is 294 g/mol. The van der Waals surface area contributed by atoms with E-state index in [4.69, 9.17) is 4.74 Å². The maximum atomic E-state index is 12.1. The van der Waals surface area contributed by atoms with Crippen LogP contribution < -0.4 is 5.32 Å². The lowest BCUT2D eigenvalue weighted by atomic mass is 10.2. The number of ether oxygens (including phenoxy) is 1. The highest BCUT2D eigenvalue weighted by atomic mass is 16.5. The van der Waals surface area contributed by atoms with Crippen molar-refractivity contribution in [3.05, 3.63) is 35.9 Å². The van der Waals surface area contributed by atoms with Gasteiger partial charge >= 0.3 is 0 Å². The summed E-state index contributed by atoms with van der Waals surface area (Å²) in [6.07, 6.45) is -0.0810. The van der Waals surface area contributed by atoms with Gasteiger partial charge in [0, 0.05) is 46.4 Å². The number of amides is 2. The molecule has 1 heterocycles. The molecule has 1 aromatic carbocycles. The Balaban J connectivity index is 1.69. The van der Waals surface area contributed by atoms with Crippen LogP contribution in [0.1, 0.15) is 12.0 Å². The third-order valence-corrected chi connectivity index (χ3v) is 3.91. The van der Waals surface area contributed by atoms with E-state index in [0.29, 0.717) is 26.2 Å². The fraction of sp³-hybridized carbons (Fsp3) is 0.529. The Kier molecular flexibility index (Phi) is 7.03. The van der Waals surface area contributed by atoms with Gasteiger partial charge in [-0.05, 0) is 5.56 Å². The summed E-state index contributed by atoms with van der Waals surface area (Å²) in [5.74, 6) is -0.335. The minimum Gasteiger partial charge on any atom is -0.383 e. The summed E-state index contributed by atoms with van der Waals surface area (Å²) in [4.78, 5) is 27.9. The molecule has 0 spiro atoms. The molecule has 23 heavy (non-hydrogen) atoms. The molecule has 0 aliphatic carbocycles. The predicted octanol–water partition coefficient (Wildman–Crippen LogP) is 0.484. The topological polar surface area (TPSA) is 61.9 Å². The van der Waals surface area contributed by atoms with E-state index in [9.17, 15) is 9.59 Å². The van der Waals surface area contributed by atoms with Crippen molar-refractivity contribution in [2.75, 3.05) is 46.4 Å². The van der Waals surface area contributed by atoms with E-state index in [0.717, 1.165) is 19.6 Å². The molecule has 0 atom stereocenters. The Bertz CT molecular complexity index is 499. The van der Waals surface area contributed by atoms with E-state index in [1.807, 2.05) is 18.2 Å². The second kappa shape index (κ2) is 9.27. The first kappa shape index (κ1) is 17.4. The normalized spacial score (nSPS) is 15.4. The van der Waals surface area contributed by atoms with Gasteiger partial charge in [-0.3, -0.25) is 14.5 Å². The van der Waals surface area contributed by atoms with Crippen LogP contribution in [0.4, 0.5) is 0 Å². The van der Waals surface area contributed by atoms with Crippen molar-refractivity contribution in [1.29, 1.82) is 0 Å². The summed E-state index contributed by atoms with van der Waals surface area (Å²) < 4.78 is 4.86. The average molecular weight is 319 g/mol. The maximum Gasteiger partial charge on any atom is 0.232 e. The summed E-state index contributed by atoms with van der Waals surface area (Å²) in [7, 11) is 1.58. The van der Waals surface area contributed by atoms with E-state index >= 15 is 0 Å². The van der Waals surface area contributed by atoms with Crippen LogP contribution in [0.25, 0.3) is 0 Å². The van der Waals surface area contributed by atoms with Crippen LogP contribution in [0.5, 0.6) is 0 Å². The maximum absolute atomic E-state index is 12.1. The zero-order valence-electron chi connectivity index (χ0n) is 13.7. The van der Waals surface area contributed by atoms with Crippen LogP contribution in [-0.2, 0) is 20.9 Å². The van der Waals surface area contributed by atoms with Gasteiger partial charge in [-0.2, -0.15) is 0 Å². The Morgan fingerprint density at radius 1 is 1.13 bits per heavy atom. The highest BCUT2D eigenvalue weighted by molar-refractivity contribution is 5.96. The Morgan fingerprint density at radius 3 is 2.48 bits per heavy atom. The van der Waals surface area contributed by atoms with Crippen LogP contribution in [0.15, 0.2) is 30.3 Å². The summed E-state index contributed by atoms with van der Waals surface area (Å²) in [5.41, 5.74) is 1.28. The van der Waals surface area contributed by atoms with Gasteiger partial charge in [0.05, 0.1) is 6.61 Å². The number of hydrogen-bond acceptors (Lipinski definition) is 4. The van der Waals surface area contributed by atoms with Crippen molar-refractivity contribution >= 4 is 11.8 Å². The molecule has 6 nitrogen and oxygen atoms in total. The molecule has 0 saturated carbocycles. The minimum atomic E-state index is -0.237. The molecule has 126 valence electrons. The second-order valence-electron chi connectivity index (χ2n) is 5.66. The number of benzene rings is 1. The summed E-state index contributed by atoms with van der Waals surface area (Å²) in [6, 6.07) is 10.3. The highest BCUT2D eigenvalue weighted by Crippen LogP contribution is 2.09. The molecule has 1 N–H and O–H groups in total. The van der Waals surface area contributed by atoms with Crippen LogP contribution >= 0.6 is 0 Å². The average Bonchev–Trinajstić information content (AvgIpc) is 2.56. The number of piperazine rings is 1. The molecular formula is C17H25N3O3. The first-order chi connectivity index (χ1) is 11.2. The van der Waals surface area contributed by atoms with Crippen molar-refractivity contribution in [2.24, 2.45) is 0 Å². The van der Waals surface area contributed by atoms with Crippen molar-refractivity contribution in [1.82, 2.24) is 15.1 Å². The molecule has 1 aliphatic heterocycles. The zero-order valence-corrected chi connectivity index (χ0v) is 13.7. The molecule has 2 rings (SSSR count). The number of nitrogens with zero attached hydrogens (tertiary/aromatic N) is 2. The fourth-order valence-electron chi connectivity index (χ4n) is 2.60. The molecule has 0 radical (unpaired) electrons. The third kappa shape index (κ3) is 6.00. The summed E-state index contributed by atoms with van der Waals surface area (Å²) >= 11 is 0. The van der Waals surface area contributed by atoms with E-state index in [1.54, 1.807) is 12.0 Å². The Labute approximate surface area is 137 Å². The Hall–Kier alpha value is -1.92. The quantitative estimate of drug-likeness (QED) is 0.587. The van der Waals surface area contributed by atoms with Crippen LogP contribution in [-0.4, -0.2) is 68.1 Å². The highest BCUT2D eigenvalue weighted by Gasteiger charge is 2.22. The van der Waals surface area contributed by atoms with Gasteiger partial charge in [-0.15, -0.1) is 0 Å². The van der Waals surface area contributed by atoms with E-state index in [-0.39, 0.29) is 18.2 Å². The largest absolute Gasteiger partial charge is 0.383 e. The van der Waals surface area contributed by atoms with Crippen LogP contribution in [0.3, 0.4) is 0 Å². The molecule has 1 aliphatic rings. The van der Waals surface area contributed by atoms with Gasteiger partial charge < -0.3 is 15.0 Å². The molecule has 0 unspecified atom stereocenters. The molecule has 1 saturated heterocycles. The first-order valence-corrected chi connectivity index (χ1v) is 7.98. The van der Waals surface area contributed by atoms with Crippen LogP contribution in [0.2, 0.25) is 0 Å². The van der Waals surface area contributed by atoms with E-state index in [2.05, 4.69) is 22.3 Å². The lowest BCUT2D eigenvalue weighted by Gasteiger charge is -2.34. The van der Waals surface area contributed by atoms with Crippen molar-refractivity contribution in [3.63, 3.8) is 0 Å². The van der Waals surface area contributed by atoms with Gasteiger partial charge in [-0.25, -0.2) is 0 Å². The standard InChI is InChI=1S/C17H25N3O3/c1-23-12-7-18-16(21)13-17(22)20-10-8-19(9-11-20)14-15-5-3-2-4-6-15/h2-6H,7-14H2,1H3,(H,18,21). The van der Waals surface area contributed by atoms with E-state index in [1.165, 1.54) is 5.56 Å². The van der Waals surface area contributed by atoms with Crippen molar-refractivity contribution in [3.8, 4) is 0 Å². The Morgan fingerprint density at radius 2 is 1.83 bits per heavy atom. The fourth-order valence-corrected chi connectivity index (χ4v) is 2.60.